The molecule has 0 saturated heterocycles. The minimum absolute atomic E-state index is 0.280. The molecule has 1 amide bonds. The second-order valence-corrected chi connectivity index (χ2v) is 3.92. The van der Waals surface area contributed by atoms with E-state index in [4.69, 9.17) is 0 Å². The molecule has 0 aliphatic rings. The number of nitrogens with one attached hydrogen (secondary N) is 2. The van der Waals surface area contributed by atoms with Crippen LogP contribution in [-0.4, -0.2) is 17.4 Å². The van der Waals surface area contributed by atoms with Crippen LogP contribution in [0.1, 0.15) is 17.4 Å². The number of nitrogens with zero attached hydrogens (tertiary/aromatic N) is 1. The number of halogens is 1. The topological polar surface area (TPSA) is 54.0 Å². The van der Waals surface area contributed by atoms with Gasteiger partial charge in [0.25, 0.3) is 5.91 Å². The molecule has 4 nitrogen and oxygen atoms in total. The van der Waals surface area contributed by atoms with E-state index in [9.17, 15) is 9.18 Å². The maximum Gasteiger partial charge on any atom is 0.274 e. The van der Waals surface area contributed by atoms with E-state index in [0.717, 1.165) is 12.2 Å². The molecule has 0 aliphatic heterocycles. The van der Waals surface area contributed by atoms with Crippen molar-refractivity contribution >= 4 is 17.3 Å². The lowest BCUT2D eigenvalue weighted by atomic mass is 10.2. The van der Waals surface area contributed by atoms with Gasteiger partial charge in [0.2, 0.25) is 0 Å². The second-order valence-electron chi connectivity index (χ2n) is 3.92. The van der Waals surface area contributed by atoms with Crippen molar-refractivity contribution < 1.29 is 9.18 Å². The molecular weight excluding hydrogens is 245 g/mol. The van der Waals surface area contributed by atoms with Gasteiger partial charge >= 0.3 is 0 Å². The third-order valence-electron chi connectivity index (χ3n) is 2.46. The maximum absolute atomic E-state index is 13.0. The lowest BCUT2D eigenvalue weighted by Crippen LogP contribution is -2.14. The summed E-state index contributed by atoms with van der Waals surface area (Å²) in [5.41, 5.74) is 1.50. The van der Waals surface area contributed by atoms with Crippen molar-refractivity contribution in [3.63, 3.8) is 0 Å². The highest BCUT2D eigenvalue weighted by Crippen LogP contribution is 2.12. The third-order valence-corrected chi connectivity index (χ3v) is 2.46. The molecule has 2 rings (SSSR count). The molecule has 1 aromatic carbocycles. The van der Waals surface area contributed by atoms with Gasteiger partial charge in [-0.05, 0) is 37.3 Å². The average molecular weight is 259 g/mol. The Morgan fingerprint density at radius 1 is 1.26 bits per heavy atom. The van der Waals surface area contributed by atoms with Gasteiger partial charge in [-0.15, -0.1) is 0 Å². The van der Waals surface area contributed by atoms with E-state index < -0.39 is 5.82 Å². The van der Waals surface area contributed by atoms with Crippen molar-refractivity contribution in [3.05, 3.63) is 54.1 Å². The normalized spacial score (nSPS) is 10.0. The van der Waals surface area contributed by atoms with Gasteiger partial charge in [0.1, 0.15) is 11.5 Å². The Morgan fingerprint density at radius 3 is 2.84 bits per heavy atom. The van der Waals surface area contributed by atoms with Gasteiger partial charge in [0.05, 0.1) is 0 Å². The molecule has 19 heavy (non-hydrogen) atoms. The Morgan fingerprint density at radius 2 is 2.11 bits per heavy atom. The van der Waals surface area contributed by atoms with Crippen LogP contribution in [0.25, 0.3) is 0 Å². The molecule has 98 valence electrons. The van der Waals surface area contributed by atoms with Crippen molar-refractivity contribution in [1.82, 2.24) is 4.98 Å². The van der Waals surface area contributed by atoms with E-state index in [2.05, 4.69) is 15.6 Å². The van der Waals surface area contributed by atoms with Crippen molar-refractivity contribution in [1.29, 1.82) is 0 Å². The Bertz CT molecular complexity index is 586. The van der Waals surface area contributed by atoms with Crippen LogP contribution in [0, 0.1) is 5.82 Å². The fourth-order valence-corrected chi connectivity index (χ4v) is 1.63. The lowest BCUT2D eigenvalue weighted by molar-refractivity contribution is 0.102. The predicted octanol–water partition coefficient (Wildman–Crippen LogP) is 2.90. The van der Waals surface area contributed by atoms with Crippen LogP contribution < -0.4 is 10.6 Å². The highest BCUT2D eigenvalue weighted by Gasteiger charge is 2.08. The highest BCUT2D eigenvalue weighted by atomic mass is 19.1. The largest absolute Gasteiger partial charge is 0.385 e. The molecule has 0 radical (unpaired) electrons. The van der Waals surface area contributed by atoms with E-state index in [1.807, 2.05) is 6.92 Å². The monoisotopic (exact) mass is 259 g/mol. The first-order valence-corrected chi connectivity index (χ1v) is 5.96. The lowest BCUT2D eigenvalue weighted by Gasteiger charge is -2.07. The van der Waals surface area contributed by atoms with Crippen molar-refractivity contribution in [2.75, 3.05) is 17.2 Å². The first-order chi connectivity index (χ1) is 9.19. The number of anilines is 2. The summed E-state index contributed by atoms with van der Waals surface area (Å²) in [5, 5.41) is 5.69. The van der Waals surface area contributed by atoms with Crippen LogP contribution in [0.3, 0.4) is 0 Å². The maximum atomic E-state index is 13.0. The van der Waals surface area contributed by atoms with Gasteiger partial charge in [-0.1, -0.05) is 6.07 Å². The standard InChI is InChI=1S/C14H14FN3O/c1-2-16-11-6-7-17-13(9-11)14(19)18-12-5-3-4-10(15)8-12/h3-9H,2H2,1H3,(H,16,17)(H,18,19). The van der Waals surface area contributed by atoms with Crippen LogP contribution in [0.2, 0.25) is 0 Å². The smallest absolute Gasteiger partial charge is 0.274 e. The van der Waals surface area contributed by atoms with Gasteiger partial charge in [0.15, 0.2) is 0 Å². The summed E-state index contributed by atoms with van der Waals surface area (Å²) < 4.78 is 13.0. The molecule has 5 heteroatoms. The zero-order valence-corrected chi connectivity index (χ0v) is 10.5. The fraction of sp³-hybridized carbons (Fsp3) is 0.143. The zero-order valence-electron chi connectivity index (χ0n) is 10.5. The number of carbonyl (C=O) groups is 1. The molecule has 0 fully saturated rings. The summed E-state index contributed by atoms with van der Waals surface area (Å²) in [4.78, 5) is 16.0. The second kappa shape index (κ2) is 5.95. The Labute approximate surface area is 110 Å². The van der Waals surface area contributed by atoms with Crippen LogP contribution >= 0.6 is 0 Å². The molecule has 0 aliphatic carbocycles. The molecular formula is C14H14FN3O. The molecule has 2 aromatic rings. The number of pyridine rings is 1. The quantitative estimate of drug-likeness (QED) is 0.887. The molecule has 0 saturated carbocycles. The van der Waals surface area contributed by atoms with Gasteiger partial charge < -0.3 is 10.6 Å². The van der Waals surface area contributed by atoms with E-state index in [1.54, 1.807) is 24.4 Å². The first-order valence-electron chi connectivity index (χ1n) is 5.96. The third kappa shape index (κ3) is 3.51. The van der Waals surface area contributed by atoms with Gasteiger partial charge in [-0.2, -0.15) is 0 Å². The number of aromatic nitrogens is 1. The summed E-state index contributed by atoms with van der Waals surface area (Å²) in [6, 6.07) is 9.16. The molecule has 0 atom stereocenters. The average Bonchev–Trinajstić information content (AvgIpc) is 2.39. The van der Waals surface area contributed by atoms with Crippen LogP contribution in [0.15, 0.2) is 42.6 Å². The van der Waals surface area contributed by atoms with Crippen LogP contribution in [-0.2, 0) is 0 Å². The minimum Gasteiger partial charge on any atom is -0.385 e. The fourth-order valence-electron chi connectivity index (χ4n) is 1.63. The number of amides is 1. The summed E-state index contributed by atoms with van der Waals surface area (Å²) >= 11 is 0. The number of hydrogen-bond acceptors (Lipinski definition) is 3. The number of carbonyl (C=O) groups excluding carboxylic acids is 1. The SMILES string of the molecule is CCNc1ccnc(C(=O)Nc2cccc(F)c2)c1. The van der Waals surface area contributed by atoms with E-state index >= 15 is 0 Å². The van der Waals surface area contributed by atoms with E-state index in [-0.39, 0.29) is 11.6 Å². The summed E-state index contributed by atoms with van der Waals surface area (Å²) in [6.07, 6.45) is 1.55. The van der Waals surface area contributed by atoms with Gasteiger partial charge in [0, 0.05) is 24.1 Å². The number of rotatable bonds is 4. The van der Waals surface area contributed by atoms with Crippen LogP contribution in [0.5, 0.6) is 0 Å². The first kappa shape index (κ1) is 13.0. The summed E-state index contributed by atoms with van der Waals surface area (Å²) in [5.74, 6) is -0.766. The molecule has 1 aromatic heterocycles. The minimum atomic E-state index is -0.396. The molecule has 2 N–H and O–H groups in total. The predicted molar refractivity (Wildman–Crippen MR) is 72.8 cm³/mol. The molecule has 0 unspecified atom stereocenters. The Balaban J connectivity index is 2.13. The summed E-state index contributed by atoms with van der Waals surface area (Å²) in [6.45, 7) is 2.72. The number of hydrogen-bond donors (Lipinski definition) is 2. The van der Waals surface area contributed by atoms with Crippen molar-refractivity contribution in [3.8, 4) is 0 Å². The number of benzene rings is 1. The van der Waals surface area contributed by atoms with Gasteiger partial charge in [-0.3, -0.25) is 9.78 Å². The van der Waals surface area contributed by atoms with E-state index in [0.29, 0.717) is 5.69 Å². The van der Waals surface area contributed by atoms with Crippen molar-refractivity contribution in [2.24, 2.45) is 0 Å². The zero-order chi connectivity index (χ0) is 13.7. The summed E-state index contributed by atoms with van der Waals surface area (Å²) in [7, 11) is 0. The molecule has 1 heterocycles. The van der Waals surface area contributed by atoms with Crippen molar-refractivity contribution in [2.45, 2.75) is 6.92 Å². The van der Waals surface area contributed by atoms with Gasteiger partial charge in [-0.25, -0.2) is 4.39 Å². The van der Waals surface area contributed by atoms with E-state index in [1.165, 1.54) is 18.2 Å². The Hall–Kier alpha value is -2.43. The highest BCUT2D eigenvalue weighted by molar-refractivity contribution is 6.03. The Kier molecular flexibility index (Phi) is 4.07. The van der Waals surface area contributed by atoms with Crippen LogP contribution in [0.4, 0.5) is 15.8 Å². The molecule has 0 bridgehead atoms. The molecule has 0 spiro atoms.